The standard InChI is InChI=1S/C22H19N3O2S/c1-2-27-17-10-8-15(9-11-17)22-24-16(14-28-22)13-21(26)25-20-7-3-6-19-18(20)5-4-12-23-19/h3-12,14H,2,13H2,1H3,(H,25,26). The van der Waals surface area contributed by atoms with Crippen molar-refractivity contribution in [3.05, 3.63) is 71.9 Å². The Hall–Kier alpha value is -3.25. The first-order chi connectivity index (χ1) is 13.7. The molecule has 1 amide bonds. The number of anilines is 1. The van der Waals surface area contributed by atoms with Crippen molar-refractivity contribution in [1.82, 2.24) is 9.97 Å². The van der Waals surface area contributed by atoms with E-state index in [1.807, 2.05) is 66.9 Å². The van der Waals surface area contributed by atoms with Crippen LogP contribution in [0.2, 0.25) is 0 Å². The van der Waals surface area contributed by atoms with Crippen molar-refractivity contribution in [3.63, 3.8) is 0 Å². The number of aromatic nitrogens is 2. The Bertz CT molecular complexity index is 1100. The summed E-state index contributed by atoms with van der Waals surface area (Å²) in [5, 5.41) is 6.71. The zero-order valence-corrected chi connectivity index (χ0v) is 16.2. The molecule has 0 aliphatic rings. The Morgan fingerprint density at radius 1 is 1.11 bits per heavy atom. The van der Waals surface area contributed by atoms with Crippen LogP contribution in [0.3, 0.4) is 0 Å². The molecule has 0 bridgehead atoms. The maximum Gasteiger partial charge on any atom is 0.230 e. The van der Waals surface area contributed by atoms with E-state index in [1.165, 1.54) is 11.3 Å². The highest BCUT2D eigenvalue weighted by Crippen LogP contribution is 2.26. The summed E-state index contributed by atoms with van der Waals surface area (Å²) in [7, 11) is 0. The summed E-state index contributed by atoms with van der Waals surface area (Å²) in [5.41, 5.74) is 3.38. The highest BCUT2D eigenvalue weighted by Gasteiger charge is 2.11. The number of hydrogen-bond acceptors (Lipinski definition) is 5. The fraction of sp³-hybridized carbons (Fsp3) is 0.136. The molecule has 0 aliphatic heterocycles. The van der Waals surface area contributed by atoms with Gasteiger partial charge in [-0.1, -0.05) is 6.07 Å². The molecule has 28 heavy (non-hydrogen) atoms. The van der Waals surface area contributed by atoms with Gasteiger partial charge in [-0.25, -0.2) is 4.98 Å². The number of nitrogens with zero attached hydrogens (tertiary/aromatic N) is 2. The van der Waals surface area contributed by atoms with Crippen molar-refractivity contribution >= 4 is 33.8 Å². The molecule has 0 fully saturated rings. The number of benzene rings is 2. The van der Waals surface area contributed by atoms with Crippen molar-refractivity contribution in [1.29, 1.82) is 0 Å². The average molecular weight is 389 g/mol. The van der Waals surface area contributed by atoms with Crippen LogP contribution in [0, 0.1) is 0 Å². The van der Waals surface area contributed by atoms with Crippen LogP contribution in [0.1, 0.15) is 12.6 Å². The van der Waals surface area contributed by atoms with Gasteiger partial charge in [0.25, 0.3) is 0 Å². The first-order valence-corrected chi connectivity index (χ1v) is 9.92. The van der Waals surface area contributed by atoms with E-state index in [4.69, 9.17) is 4.74 Å². The van der Waals surface area contributed by atoms with E-state index in [9.17, 15) is 4.79 Å². The second-order valence-corrected chi connectivity index (χ2v) is 7.06. The van der Waals surface area contributed by atoms with Gasteiger partial charge in [-0.15, -0.1) is 11.3 Å². The van der Waals surface area contributed by atoms with Crippen LogP contribution in [0.15, 0.2) is 66.2 Å². The third kappa shape index (κ3) is 4.02. The van der Waals surface area contributed by atoms with Crippen molar-refractivity contribution in [2.75, 3.05) is 11.9 Å². The number of carbonyl (C=O) groups excluding carboxylic acids is 1. The van der Waals surface area contributed by atoms with E-state index in [2.05, 4.69) is 15.3 Å². The zero-order chi connectivity index (χ0) is 19.3. The van der Waals surface area contributed by atoms with Gasteiger partial charge in [0.05, 0.1) is 29.9 Å². The molecule has 0 radical (unpaired) electrons. The van der Waals surface area contributed by atoms with Crippen LogP contribution in [0.4, 0.5) is 5.69 Å². The molecule has 0 saturated heterocycles. The van der Waals surface area contributed by atoms with Gasteiger partial charge in [0.2, 0.25) is 5.91 Å². The minimum atomic E-state index is -0.0973. The summed E-state index contributed by atoms with van der Waals surface area (Å²) in [4.78, 5) is 21.4. The van der Waals surface area contributed by atoms with Crippen LogP contribution in [0.25, 0.3) is 21.5 Å². The van der Waals surface area contributed by atoms with Gasteiger partial charge in [0, 0.05) is 22.5 Å². The SMILES string of the molecule is CCOc1ccc(-c2nc(CC(=O)Nc3cccc4ncccc34)cs2)cc1. The molecule has 140 valence electrons. The predicted octanol–water partition coefficient (Wildman–Crippen LogP) is 4.94. The topological polar surface area (TPSA) is 64.1 Å². The van der Waals surface area contributed by atoms with E-state index in [0.29, 0.717) is 6.61 Å². The van der Waals surface area contributed by atoms with Gasteiger partial charge in [0.1, 0.15) is 10.8 Å². The molecule has 4 aromatic rings. The zero-order valence-electron chi connectivity index (χ0n) is 15.4. The van der Waals surface area contributed by atoms with Crippen LogP contribution >= 0.6 is 11.3 Å². The first kappa shape index (κ1) is 18.1. The third-order valence-corrected chi connectivity index (χ3v) is 5.17. The molecule has 5 nitrogen and oxygen atoms in total. The van der Waals surface area contributed by atoms with Gasteiger partial charge in [-0.2, -0.15) is 0 Å². The highest BCUT2D eigenvalue weighted by molar-refractivity contribution is 7.13. The van der Waals surface area contributed by atoms with Gasteiger partial charge in [-0.3, -0.25) is 9.78 Å². The molecule has 6 heteroatoms. The largest absolute Gasteiger partial charge is 0.494 e. The lowest BCUT2D eigenvalue weighted by atomic mass is 10.1. The Balaban J connectivity index is 1.45. The number of rotatable bonds is 6. The van der Waals surface area contributed by atoms with E-state index in [1.54, 1.807) is 6.20 Å². The van der Waals surface area contributed by atoms with Crippen LogP contribution in [0.5, 0.6) is 5.75 Å². The van der Waals surface area contributed by atoms with Crippen molar-refractivity contribution < 1.29 is 9.53 Å². The third-order valence-electron chi connectivity index (χ3n) is 4.23. The second kappa shape index (κ2) is 8.19. The van der Waals surface area contributed by atoms with Gasteiger partial charge in [-0.05, 0) is 55.5 Å². The van der Waals surface area contributed by atoms with Crippen molar-refractivity contribution in [2.45, 2.75) is 13.3 Å². The molecule has 4 rings (SSSR count). The number of ether oxygens (including phenoxy) is 1. The first-order valence-electron chi connectivity index (χ1n) is 9.04. The number of hydrogen-bond donors (Lipinski definition) is 1. The second-order valence-electron chi connectivity index (χ2n) is 6.20. The fourth-order valence-corrected chi connectivity index (χ4v) is 3.78. The highest BCUT2D eigenvalue weighted by atomic mass is 32.1. The number of pyridine rings is 1. The Labute approximate surface area is 167 Å². The van der Waals surface area contributed by atoms with E-state index in [-0.39, 0.29) is 12.3 Å². The molecule has 2 aromatic carbocycles. The average Bonchev–Trinajstić information content (AvgIpc) is 3.17. The monoisotopic (exact) mass is 389 g/mol. The molecule has 1 N–H and O–H groups in total. The Morgan fingerprint density at radius 2 is 1.96 bits per heavy atom. The molecule has 0 saturated carbocycles. The Kier molecular flexibility index (Phi) is 5.30. The molecule has 0 spiro atoms. The predicted molar refractivity (Wildman–Crippen MR) is 113 cm³/mol. The number of thiazole rings is 1. The summed E-state index contributed by atoms with van der Waals surface area (Å²) in [5.74, 6) is 0.742. The van der Waals surface area contributed by atoms with Crippen molar-refractivity contribution in [3.8, 4) is 16.3 Å². The lowest BCUT2D eigenvalue weighted by Gasteiger charge is -2.07. The summed E-state index contributed by atoms with van der Waals surface area (Å²) < 4.78 is 5.47. The smallest absolute Gasteiger partial charge is 0.230 e. The van der Waals surface area contributed by atoms with Crippen molar-refractivity contribution in [2.24, 2.45) is 0 Å². The summed E-state index contributed by atoms with van der Waals surface area (Å²) in [6, 6.07) is 17.3. The van der Waals surface area contributed by atoms with Gasteiger partial charge < -0.3 is 10.1 Å². The molecular formula is C22H19N3O2S. The van der Waals surface area contributed by atoms with Gasteiger partial charge >= 0.3 is 0 Å². The van der Waals surface area contributed by atoms with Crippen LogP contribution in [-0.4, -0.2) is 22.5 Å². The maximum atomic E-state index is 12.5. The fourth-order valence-electron chi connectivity index (χ4n) is 2.95. The number of fused-ring (bicyclic) bond motifs is 1. The van der Waals surface area contributed by atoms with Crippen LogP contribution < -0.4 is 10.1 Å². The van der Waals surface area contributed by atoms with Crippen LogP contribution in [-0.2, 0) is 11.2 Å². The minimum absolute atomic E-state index is 0.0973. The molecule has 2 aromatic heterocycles. The molecule has 0 aliphatic carbocycles. The lowest BCUT2D eigenvalue weighted by Crippen LogP contribution is -2.14. The maximum absolute atomic E-state index is 12.5. The lowest BCUT2D eigenvalue weighted by molar-refractivity contribution is -0.115. The summed E-state index contributed by atoms with van der Waals surface area (Å²) in [6.45, 7) is 2.60. The molecular weight excluding hydrogens is 370 g/mol. The van der Waals surface area contributed by atoms with E-state index in [0.717, 1.165) is 38.6 Å². The minimum Gasteiger partial charge on any atom is -0.494 e. The number of carbonyl (C=O) groups is 1. The van der Waals surface area contributed by atoms with Gasteiger partial charge in [0.15, 0.2) is 0 Å². The summed E-state index contributed by atoms with van der Waals surface area (Å²) in [6.07, 6.45) is 1.97. The van der Waals surface area contributed by atoms with E-state index >= 15 is 0 Å². The molecule has 2 heterocycles. The normalized spacial score (nSPS) is 10.8. The molecule has 0 atom stereocenters. The number of amides is 1. The summed E-state index contributed by atoms with van der Waals surface area (Å²) >= 11 is 1.53. The number of nitrogens with one attached hydrogen (secondary N) is 1. The molecule has 0 unspecified atom stereocenters. The quantitative estimate of drug-likeness (QED) is 0.507. The Morgan fingerprint density at radius 3 is 2.79 bits per heavy atom. The van der Waals surface area contributed by atoms with E-state index < -0.39 is 0 Å².